The van der Waals surface area contributed by atoms with Gasteiger partial charge in [-0.15, -0.1) is 0 Å². The highest BCUT2D eigenvalue weighted by Gasteiger charge is 2.40. The van der Waals surface area contributed by atoms with E-state index in [1.807, 2.05) is 18.2 Å². The second-order valence-corrected chi connectivity index (χ2v) is 5.10. The number of nitrogens with zero attached hydrogens (tertiary/aromatic N) is 1. The fourth-order valence-corrected chi connectivity index (χ4v) is 2.91. The fraction of sp³-hybridized carbons (Fsp3) is 0.533. The average Bonchev–Trinajstić information content (AvgIpc) is 2.95. The van der Waals surface area contributed by atoms with Crippen molar-refractivity contribution >= 4 is 11.7 Å². The van der Waals surface area contributed by atoms with Crippen LogP contribution in [0.25, 0.3) is 0 Å². The molecule has 2 aliphatic rings. The van der Waals surface area contributed by atoms with Crippen LogP contribution in [0.3, 0.4) is 0 Å². The predicted molar refractivity (Wildman–Crippen MR) is 73.9 cm³/mol. The summed E-state index contributed by atoms with van der Waals surface area (Å²) in [5, 5.41) is 0. The molecule has 5 heteroatoms. The van der Waals surface area contributed by atoms with E-state index >= 15 is 0 Å². The molecule has 0 amide bonds. The van der Waals surface area contributed by atoms with Gasteiger partial charge in [0.05, 0.1) is 31.6 Å². The van der Waals surface area contributed by atoms with Crippen LogP contribution >= 0.6 is 0 Å². The van der Waals surface area contributed by atoms with E-state index in [1.165, 1.54) is 7.11 Å². The van der Waals surface area contributed by atoms with Gasteiger partial charge in [0, 0.05) is 25.9 Å². The van der Waals surface area contributed by atoms with Crippen molar-refractivity contribution in [3.05, 3.63) is 29.8 Å². The molecule has 20 heavy (non-hydrogen) atoms. The molecule has 108 valence electrons. The van der Waals surface area contributed by atoms with Crippen molar-refractivity contribution in [1.29, 1.82) is 0 Å². The molecule has 2 fully saturated rings. The standard InChI is InChI=1S/C15H19NO4/c1-18-14(17)12-4-2-3-5-13(12)16-8-6-15(7-9-16)19-10-11-20-15/h2-5H,6-11H2,1H3. The zero-order valence-electron chi connectivity index (χ0n) is 11.6. The van der Waals surface area contributed by atoms with Crippen LogP contribution in [-0.2, 0) is 14.2 Å². The second-order valence-electron chi connectivity index (χ2n) is 5.10. The minimum Gasteiger partial charge on any atom is -0.465 e. The molecule has 1 spiro atoms. The topological polar surface area (TPSA) is 48.0 Å². The molecular formula is C15H19NO4. The lowest BCUT2D eigenvalue weighted by Crippen LogP contribution is -2.45. The molecule has 0 saturated carbocycles. The summed E-state index contributed by atoms with van der Waals surface area (Å²) in [5.41, 5.74) is 1.53. The third kappa shape index (κ3) is 2.39. The van der Waals surface area contributed by atoms with Gasteiger partial charge in [-0.25, -0.2) is 4.79 Å². The van der Waals surface area contributed by atoms with Crippen LogP contribution in [0.15, 0.2) is 24.3 Å². The van der Waals surface area contributed by atoms with Crippen molar-refractivity contribution < 1.29 is 19.0 Å². The van der Waals surface area contributed by atoms with E-state index in [2.05, 4.69) is 4.90 Å². The number of benzene rings is 1. The first kappa shape index (κ1) is 13.4. The molecule has 0 aliphatic carbocycles. The van der Waals surface area contributed by atoms with Gasteiger partial charge in [-0.1, -0.05) is 12.1 Å². The summed E-state index contributed by atoms with van der Waals surface area (Å²) in [7, 11) is 1.41. The first-order chi connectivity index (χ1) is 9.74. The number of para-hydroxylation sites is 1. The number of piperidine rings is 1. The largest absolute Gasteiger partial charge is 0.465 e. The molecule has 1 aromatic carbocycles. The Morgan fingerprint density at radius 2 is 1.85 bits per heavy atom. The number of hydrogen-bond acceptors (Lipinski definition) is 5. The number of methoxy groups -OCH3 is 1. The Kier molecular flexibility index (Phi) is 3.63. The van der Waals surface area contributed by atoms with Crippen molar-refractivity contribution in [1.82, 2.24) is 0 Å². The van der Waals surface area contributed by atoms with Crippen LogP contribution in [-0.4, -0.2) is 45.2 Å². The maximum atomic E-state index is 11.8. The van der Waals surface area contributed by atoms with Crippen molar-refractivity contribution in [2.24, 2.45) is 0 Å². The van der Waals surface area contributed by atoms with E-state index in [0.29, 0.717) is 18.8 Å². The zero-order valence-corrected chi connectivity index (χ0v) is 11.6. The molecule has 3 rings (SSSR count). The summed E-state index contributed by atoms with van der Waals surface area (Å²) < 4.78 is 16.3. The van der Waals surface area contributed by atoms with Gasteiger partial charge in [-0.05, 0) is 12.1 Å². The summed E-state index contributed by atoms with van der Waals surface area (Å²) in [5.74, 6) is -0.689. The van der Waals surface area contributed by atoms with Gasteiger partial charge in [-0.3, -0.25) is 0 Å². The smallest absolute Gasteiger partial charge is 0.339 e. The molecule has 5 nitrogen and oxygen atoms in total. The Hall–Kier alpha value is -1.59. The Morgan fingerprint density at radius 3 is 2.50 bits per heavy atom. The van der Waals surface area contributed by atoms with Crippen molar-refractivity contribution in [3.8, 4) is 0 Å². The molecule has 1 aromatic rings. The molecule has 2 saturated heterocycles. The minimum absolute atomic E-state index is 0.297. The normalized spacial score (nSPS) is 21.1. The second kappa shape index (κ2) is 5.42. The number of carbonyl (C=O) groups is 1. The molecule has 0 unspecified atom stereocenters. The highest BCUT2D eigenvalue weighted by molar-refractivity contribution is 5.95. The molecule has 0 radical (unpaired) electrons. The van der Waals surface area contributed by atoms with Gasteiger partial charge >= 0.3 is 5.97 Å². The van der Waals surface area contributed by atoms with Gasteiger partial charge in [0.2, 0.25) is 0 Å². The van der Waals surface area contributed by atoms with Gasteiger partial charge in [0.1, 0.15) is 0 Å². The number of hydrogen-bond donors (Lipinski definition) is 0. The van der Waals surface area contributed by atoms with Crippen LogP contribution in [0.2, 0.25) is 0 Å². The predicted octanol–water partition coefficient (Wildman–Crippen LogP) is 1.82. The number of esters is 1. The Balaban J connectivity index is 1.76. The van der Waals surface area contributed by atoms with Crippen LogP contribution in [0, 0.1) is 0 Å². The number of ether oxygens (including phenoxy) is 3. The van der Waals surface area contributed by atoms with Crippen LogP contribution in [0.5, 0.6) is 0 Å². The first-order valence-electron chi connectivity index (χ1n) is 6.94. The summed E-state index contributed by atoms with van der Waals surface area (Å²) in [6, 6.07) is 7.55. The lowest BCUT2D eigenvalue weighted by Gasteiger charge is -2.39. The molecular weight excluding hydrogens is 258 g/mol. The van der Waals surface area contributed by atoms with Crippen molar-refractivity contribution in [2.45, 2.75) is 18.6 Å². The third-order valence-corrected chi connectivity index (χ3v) is 3.99. The third-order valence-electron chi connectivity index (χ3n) is 3.99. The average molecular weight is 277 g/mol. The van der Waals surface area contributed by atoms with E-state index < -0.39 is 5.79 Å². The molecule has 2 aliphatic heterocycles. The minimum atomic E-state index is -0.392. The van der Waals surface area contributed by atoms with E-state index in [4.69, 9.17) is 14.2 Å². The van der Waals surface area contributed by atoms with Crippen molar-refractivity contribution in [3.63, 3.8) is 0 Å². The fourth-order valence-electron chi connectivity index (χ4n) is 2.91. The van der Waals surface area contributed by atoms with Crippen LogP contribution in [0.1, 0.15) is 23.2 Å². The Morgan fingerprint density at radius 1 is 1.20 bits per heavy atom. The van der Waals surface area contributed by atoms with Crippen molar-refractivity contribution in [2.75, 3.05) is 38.3 Å². The van der Waals surface area contributed by atoms with Gasteiger partial charge < -0.3 is 19.1 Å². The summed E-state index contributed by atoms with van der Waals surface area (Å²) >= 11 is 0. The first-order valence-corrected chi connectivity index (χ1v) is 6.94. The van der Waals surface area contributed by atoms with Crippen LogP contribution in [0.4, 0.5) is 5.69 Å². The lowest BCUT2D eigenvalue weighted by atomic mass is 10.0. The van der Waals surface area contributed by atoms with E-state index in [-0.39, 0.29) is 5.97 Å². The van der Waals surface area contributed by atoms with Gasteiger partial charge in [0.25, 0.3) is 0 Å². The molecule has 2 heterocycles. The molecule has 0 bridgehead atoms. The van der Waals surface area contributed by atoms with Gasteiger partial charge in [-0.2, -0.15) is 0 Å². The number of anilines is 1. The summed E-state index contributed by atoms with van der Waals surface area (Å²) in [6.07, 6.45) is 1.64. The van der Waals surface area contributed by atoms with Gasteiger partial charge in [0.15, 0.2) is 5.79 Å². The molecule has 0 aromatic heterocycles. The maximum absolute atomic E-state index is 11.8. The highest BCUT2D eigenvalue weighted by atomic mass is 16.7. The number of carbonyl (C=O) groups excluding carboxylic acids is 1. The summed E-state index contributed by atoms with van der Waals surface area (Å²) in [4.78, 5) is 14.0. The number of rotatable bonds is 2. The maximum Gasteiger partial charge on any atom is 0.339 e. The molecule has 0 N–H and O–H groups in total. The summed E-state index contributed by atoms with van der Waals surface area (Å²) in [6.45, 7) is 2.99. The highest BCUT2D eigenvalue weighted by Crippen LogP contribution is 2.34. The van der Waals surface area contributed by atoms with E-state index in [1.54, 1.807) is 6.07 Å². The molecule has 0 atom stereocenters. The lowest BCUT2D eigenvalue weighted by molar-refractivity contribution is -0.169. The van der Waals surface area contributed by atoms with E-state index in [0.717, 1.165) is 31.6 Å². The Labute approximate surface area is 118 Å². The SMILES string of the molecule is COC(=O)c1ccccc1N1CCC2(CC1)OCCO2. The Bertz CT molecular complexity index is 486. The zero-order chi connectivity index (χ0) is 14.0. The monoisotopic (exact) mass is 277 g/mol. The van der Waals surface area contributed by atoms with E-state index in [9.17, 15) is 4.79 Å². The van der Waals surface area contributed by atoms with Crippen LogP contribution < -0.4 is 4.90 Å². The quantitative estimate of drug-likeness (QED) is 0.772.